The summed E-state index contributed by atoms with van der Waals surface area (Å²) in [7, 11) is 1.57. The van der Waals surface area contributed by atoms with Gasteiger partial charge in [0.15, 0.2) is 6.29 Å². The minimum Gasteiger partial charge on any atom is -0.356 e. The zero-order valence-corrected chi connectivity index (χ0v) is 5.23. The summed E-state index contributed by atoms with van der Waals surface area (Å²) in [6.45, 7) is 1.78. The topological polar surface area (TPSA) is 18.5 Å². The highest BCUT2D eigenvalue weighted by atomic mass is 35.5. The Morgan fingerprint density at radius 2 is 2.29 bits per heavy atom. The van der Waals surface area contributed by atoms with E-state index in [9.17, 15) is 0 Å². The summed E-state index contributed by atoms with van der Waals surface area (Å²) in [6.07, 6.45) is -0.183. The van der Waals surface area contributed by atoms with Crippen molar-refractivity contribution in [1.29, 1.82) is 0 Å². The molecule has 2 nitrogen and oxygen atoms in total. The van der Waals surface area contributed by atoms with Crippen LogP contribution in [0, 0.1) is 0 Å². The predicted molar refractivity (Wildman–Crippen MR) is 28.3 cm³/mol. The van der Waals surface area contributed by atoms with Crippen LogP contribution in [0.4, 0.5) is 0 Å². The molecule has 7 heavy (non-hydrogen) atoms. The molecule has 0 saturated heterocycles. The second kappa shape index (κ2) is 4.37. The van der Waals surface area contributed by atoms with Crippen LogP contribution in [0.2, 0.25) is 0 Å². The van der Waals surface area contributed by atoms with Crippen molar-refractivity contribution in [2.24, 2.45) is 0 Å². The van der Waals surface area contributed by atoms with Gasteiger partial charge in [0.25, 0.3) is 0 Å². The van der Waals surface area contributed by atoms with Crippen LogP contribution < -0.4 is 0 Å². The molecule has 0 aliphatic rings. The zero-order chi connectivity index (χ0) is 5.70. The highest BCUT2D eigenvalue weighted by Crippen LogP contribution is 1.90. The Balaban J connectivity index is 2.83. The lowest BCUT2D eigenvalue weighted by Crippen LogP contribution is -2.08. The predicted octanol–water partition coefficient (Wildman–Crippen LogP) is 1.19. The number of hydrogen-bond acceptors (Lipinski definition) is 2. The minimum absolute atomic E-state index is 0.183. The van der Waals surface area contributed by atoms with Crippen molar-refractivity contribution in [3.05, 3.63) is 0 Å². The Morgan fingerprint density at radius 3 is 2.43 bits per heavy atom. The molecule has 0 fully saturated rings. The first kappa shape index (κ1) is 7.21. The third kappa shape index (κ3) is 4.05. The Hall–Kier alpha value is 0.210. The summed E-state index contributed by atoms with van der Waals surface area (Å²) in [6, 6.07) is 0.189. The first-order chi connectivity index (χ1) is 3.31. The summed E-state index contributed by atoms with van der Waals surface area (Å²) in [4.78, 5) is 0. The lowest BCUT2D eigenvalue weighted by atomic mass is 10.8. The molecule has 44 valence electrons. The van der Waals surface area contributed by atoms with Gasteiger partial charge >= 0.3 is 0 Å². The normalized spacial score (nSPS) is 14.1. The summed E-state index contributed by atoms with van der Waals surface area (Å²) in [5.74, 6) is 0. The lowest BCUT2D eigenvalue weighted by Gasteiger charge is -2.05. The summed E-state index contributed by atoms with van der Waals surface area (Å²) in [5, 5.41) is 0. The van der Waals surface area contributed by atoms with E-state index in [1.165, 1.54) is 0 Å². The highest BCUT2D eigenvalue weighted by molar-refractivity contribution is 6.17. The molecule has 3 heteroatoms. The summed E-state index contributed by atoms with van der Waals surface area (Å²) >= 11 is 5.17. The molecule has 0 spiro atoms. The van der Waals surface area contributed by atoms with E-state index in [2.05, 4.69) is 4.74 Å². The fraction of sp³-hybridized carbons (Fsp3) is 1.00. The molecular weight excluding hydrogens is 115 g/mol. The van der Waals surface area contributed by atoms with Crippen molar-refractivity contribution in [2.75, 3.05) is 13.2 Å². The first-order valence-electron chi connectivity index (χ1n) is 2.01. The van der Waals surface area contributed by atoms with Crippen molar-refractivity contribution in [1.82, 2.24) is 0 Å². The maximum absolute atomic E-state index is 5.17. The molecule has 0 aromatic carbocycles. The van der Waals surface area contributed by atoms with Gasteiger partial charge in [-0.25, -0.2) is 0 Å². The molecule has 0 N–H and O–H groups in total. The Morgan fingerprint density at radius 1 is 1.71 bits per heavy atom. The van der Waals surface area contributed by atoms with E-state index < -0.39 is 0 Å². The molecule has 0 unspecified atom stereocenters. The average molecular weight is 125 g/mol. The van der Waals surface area contributed by atoms with Gasteiger partial charge in [0.2, 0.25) is 0 Å². The molecule has 0 aromatic heterocycles. The van der Waals surface area contributed by atoms with E-state index >= 15 is 0 Å². The second-order valence-corrected chi connectivity index (χ2v) is 1.30. The van der Waals surface area contributed by atoms with Crippen LogP contribution in [0.5, 0.6) is 0 Å². The van der Waals surface area contributed by atoms with Crippen LogP contribution in [-0.2, 0) is 9.47 Å². The fourth-order valence-electron chi connectivity index (χ4n) is 0.157. The van der Waals surface area contributed by atoms with Crippen LogP contribution in [0.25, 0.3) is 0 Å². The van der Waals surface area contributed by atoms with Crippen LogP contribution in [0.3, 0.4) is 0 Å². The molecule has 0 aliphatic heterocycles. The number of alkyl halides is 1. The Bertz CT molecular complexity index is 40.7. The Labute approximate surface area is 48.4 Å². The zero-order valence-electron chi connectivity index (χ0n) is 4.48. The number of ether oxygens (including phenoxy) is 2. The van der Waals surface area contributed by atoms with Crippen molar-refractivity contribution in [3.63, 3.8) is 0 Å². The maximum Gasteiger partial charge on any atom is 0.156 e. The smallest absolute Gasteiger partial charge is 0.156 e. The van der Waals surface area contributed by atoms with Crippen molar-refractivity contribution in [3.8, 4) is 0 Å². The van der Waals surface area contributed by atoms with Crippen LogP contribution in [0.1, 0.15) is 6.92 Å². The highest BCUT2D eigenvalue weighted by Gasteiger charge is 1.92. The standard InChI is InChI=1S/C4H9ClO2/c1-4(6-2)7-3-5/h4H,3H2,1-2H3/t4-/m0/s1. The van der Waals surface area contributed by atoms with E-state index in [1.54, 1.807) is 14.0 Å². The number of methoxy groups -OCH3 is 1. The van der Waals surface area contributed by atoms with E-state index in [4.69, 9.17) is 16.3 Å². The number of rotatable bonds is 3. The van der Waals surface area contributed by atoms with Crippen LogP contribution >= 0.6 is 11.6 Å². The van der Waals surface area contributed by atoms with E-state index in [0.717, 1.165) is 0 Å². The SMILES string of the molecule is CO[C@H](C)OCCl. The van der Waals surface area contributed by atoms with Crippen LogP contribution in [0.15, 0.2) is 0 Å². The summed E-state index contributed by atoms with van der Waals surface area (Å²) in [5.41, 5.74) is 0. The first-order valence-corrected chi connectivity index (χ1v) is 2.55. The van der Waals surface area contributed by atoms with Gasteiger partial charge in [-0.1, -0.05) is 11.6 Å². The molecular formula is C4H9ClO2. The number of hydrogen-bond donors (Lipinski definition) is 0. The van der Waals surface area contributed by atoms with Gasteiger partial charge < -0.3 is 9.47 Å². The molecule has 0 amide bonds. The molecule has 1 atom stereocenters. The van der Waals surface area contributed by atoms with Gasteiger partial charge in [0.1, 0.15) is 6.07 Å². The van der Waals surface area contributed by atoms with Gasteiger partial charge in [0, 0.05) is 7.11 Å². The average Bonchev–Trinajstić information content (AvgIpc) is 1.68. The van der Waals surface area contributed by atoms with Crippen molar-refractivity contribution < 1.29 is 9.47 Å². The van der Waals surface area contributed by atoms with Crippen molar-refractivity contribution >= 4 is 11.6 Å². The van der Waals surface area contributed by atoms with Gasteiger partial charge in [-0.2, -0.15) is 0 Å². The largest absolute Gasteiger partial charge is 0.356 e. The molecule has 0 rings (SSSR count). The minimum atomic E-state index is -0.183. The second-order valence-electron chi connectivity index (χ2n) is 1.08. The van der Waals surface area contributed by atoms with Gasteiger partial charge in [-0.3, -0.25) is 0 Å². The fourth-order valence-corrected chi connectivity index (χ4v) is 0.334. The van der Waals surface area contributed by atoms with E-state index in [0.29, 0.717) is 0 Å². The van der Waals surface area contributed by atoms with E-state index in [1.807, 2.05) is 0 Å². The molecule has 0 aliphatic carbocycles. The molecule has 0 bridgehead atoms. The third-order valence-electron chi connectivity index (χ3n) is 0.630. The number of halogens is 1. The van der Waals surface area contributed by atoms with Crippen LogP contribution in [-0.4, -0.2) is 19.5 Å². The van der Waals surface area contributed by atoms with Gasteiger partial charge in [-0.15, -0.1) is 0 Å². The monoisotopic (exact) mass is 124 g/mol. The quantitative estimate of drug-likeness (QED) is 0.416. The molecule has 0 aromatic rings. The maximum atomic E-state index is 5.17. The lowest BCUT2D eigenvalue weighted by molar-refractivity contribution is -0.0951. The van der Waals surface area contributed by atoms with Gasteiger partial charge in [-0.05, 0) is 6.92 Å². The van der Waals surface area contributed by atoms with Crippen molar-refractivity contribution in [2.45, 2.75) is 13.2 Å². The molecule has 0 saturated carbocycles. The van der Waals surface area contributed by atoms with E-state index in [-0.39, 0.29) is 12.4 Å². The summed E-state index contributed by atoms with van der Waals surface area (Å²) < 4.78 is 9.42. The molecule has 0 heterocycles. The Kier molecular flexibility index (Phi) is 4.50. The molecule has 0 radical (unpaired) electrons. The van der Waals surface area contributed by atoms with Gasteiger partial charge in [0.05, 0.1) is 0 Å². The third-order valence-corrected chi connectivity index (χ3v) is 0.756.